The summed E-state index contributed by atoms with van der Waals surface area (Å²) in [6, 6.07) is 21.4. The third-order valence-corrected chi connectivity index (χ3v) is 7.98. The Morgan fingerprint density at radius 3 is 1.76 bits per heavy atom. The number of nitrogens with zero attached hydrogens (tertiary/aromatic N) is 1. The number of hydrogen-bond acceptors (Lipinski definition) is 2. The van der Waals surface area contributed by atoms with Crippen molar-refractivity contribution in [3.63, 3.8) is 0 Å². The minimum atomic E-state index is -0.785. The topological polar surface area (TPSA) is 26.3 Å². The number of quaternary nitrogens is 1. The molecule has 2 heterocycles. The molecule has 3 nitrogen and oxygen atoms in total. The minimum Gasteiger partial charge on any atom is -1.00 e. The zero-order valence-corrected chi connectivity index (χ0v) is 19.0. The summed E-state index contributed by atoms with van der Waals surface area (Å²) in [7, 11) is 4.75. The van der Waals surface area contributed by atoms with E-state index in [1.165, 1.54) is 6.42 Å². The van der Waals surface area contributed by atoms with Crippen molar-refractivity contribution in [2.45, 2.75) is 49.8 Å². The van der Waals surface area contributed by atoms with Crippen LogP contribution in [0.1, 0.15) is 37.3 Å². The molecule has 2 aliphatic heterocycles. The molecule has 3 aliphatic rings. The van der Waals surface area contributed by atoms with Crippen molar-refractivity contribution in [2.24, 2.45) is 11.8 Å². The van der Waals surface area contributed by atoms with E-state index in [9.17, 15) is 4.79 Å². The normalized spacial score (nSPS) is 31.3. The van der Waals surface area contributed by atoms with Crippen LogP contribution in [0.3, 0.4) is 0 Å². The summed E-state index contributed by atoms with van der Waals surface area (Å²) in [6.45, 7) is 2.01. The molecule has 0 aromatic heterocycles. The van der Waals surface area contributed by atoms with Crippen LogP contribution in [0.5, 0.6) is 0 Å². The van der Waals surface area contributed by atoms with Gasteiger partial charge in [-0.05, 0) is 24.5 Å². The van der Waals surface area contributed by atoms with E-state index >= 15 is 0 Å². The van der Waals surface area contributed by atoms with Crippen molar-refractivity contribution in [1.29, 1.82) is 0 Å². The van der Waals surface area contributed by atoms with Gasteiger partial charge in [0.05, 0.1) is 26.2 Å². The number of carbonyl (C=O) groups excluding carboxylic acids is 1. The molecule has 0 spiro atoms. The molecule has 5 atom stereocenters. The van der Waals surface area contributed by atoms with Gasteiger partial charge in [0, 0.05) is 24.7 Å². The summed E-state index contributed by atoms with van der Waals surface area (Å²) in [5.41, 5.74) is 1.19. The number of benzene rings is 2. The van der Waals surface area contributed by atoms with Gasteiger partial charge in [0.25, 0.3) is 0 Å². The molecular weight excluding hydrogens is 426 g/mol. The fraction of sp³-hybridized carbons (Fsp3) is 0.480. The molecule has 2 saturated heterocycles. The fourth-order valence-electron chi connectivity index (χ4n) is 6.19. The second kappa shape index (κ2) is 7.24. The number of halogens is 1. The molecule has 2 aromatic rings. The highest BCUT2D eigenvalue weighted by atomic mass is 79.9. The average molecular weight is 456 g/mol. The molecule has 3 fully saturated rings. The maximum absolute atomic E-state index is 13.6. The molecular formula is C25H30BrNO2. The summed E-state index contributed by atoms with van der Waals surface area (Å²) in [4.78, 5) is 13.6. The van der Waals surface area contributed by atoms with E-state index in [1.807, 2.05) is 67.6 Å². The predicted molar refractivity (Wildman–Crippen MR) is 110 cm³/mol. The number of fused-ring (bicyclic) bond motifs is 5. The zero-order valence-electron chi connectivity index (χ0n) is 17.4. The van der Waals surface area contributed by atoms with Crippen LogP contribution in [0, 0.1) is 11.8 Å². The highest BCUT2D eigenvalue weighted by molar-refractivity contribution is 5.87. The number of esters is 1. The Balaban J connectivity index is 0.00000205. The number of rotatable bonds is 4. The Labute approximate surface area is 184 Å². The van der Waals surface area contributed by atoms with Gasteiger partial charge in [-0.3, -0.25) is 4.79 Å². The summed E-state index contributed by atoms with van der Waals surface area (Å²) in [5, 5.41) is 0. The van der Waals surface area contributed by atoms with Crippen molar-refractivity contribution in [3.8, 4) is 0 Å². The molecule has 0 amide bonds. The lowest BCUT2D eigenvalue weighted by Gasteiger charge is -2.46. The van der Waals surface area contributed by atoms with Gasteiger partial charge in [-0.1, -0.05) is 60.7 Å². The van der Waals surface area contributed by atoms with Gasteiger partial charge in [-0.15, -0.1) is 0 Å². The summed E-state index contributed by atoms with van der Waals surface area (Å²) < 4.78 is 7.38. The lowest BCUT2D eigenvalue weighted by molar-refractivity contribution is -0.937. The summed E-state index contributed by atoms with van der Waals surface area (Å²) in [5.74, 6) is 1.60. The Morgan fingerprint density at radius 1 is 0.862 bits per heavy atom. The van der Waals surface area contributed by atoms with Crippen molar-refractivity contribution >= 4 is 5.97 Å². The first kappa shape index (κ1) is 20.6. The van der Waals surface area contributed by atoms with Crippen LogP contribution in [0.25, 0.3) is 0 Å². The number of carbonyl (C=O) groups is 1. The van der Waals surface area contributed by atoms with Crippen LogP contribution in [-0.4, -0.2) is 42.7 Å². The molecule has 154 valence electrons. The number of piperidine rings is 2. The minimum absolute atomic E-state index is 0. The number of hydrogen-bond donors (Lipinski definition) is 0. The molecule has 0 N–H and O–H groups in total. The van der Waals surface area contributed by atoms with Crippen molar-refractivity contribution in [3.05, 3.63) is 71.8 Å². The lowest BCUT2D eigenvalue weighted by atomic mass is 9.76. The third kappa shape index (κ3) is 3.16. The van der Waals surface area contributed by atoms with Crippen LogP contribution in [0.4, 0.5) is 0 Å². The van der Waals surface area contributed by atoms with E-state index in [2.05, 4.69) is 14.1 Å². The van der Waals surface area contributed by atoms with Gasteiger partial charge in [0.2, 0.25) is 0 Å². The standard InChI is InChI=1S/C25H30NO2.BrH/c1-25(17-10-6-4-7-11-17,18-12-8-5-9-13-18)24(27)28-19-14-22-20-16-21(20)23(15-19)26(22,2)3;/h4-13,19-23H,14-16H2,1-3H3;1H/q+1;/p-1/t19?,20-,21+,22-,23+;. The van der Waals surface area contributed by atoms with Gasteiger partial charge in [0.15, 0.2) is 0 Å². The second-order valence-electron chi connectivity index (χ2n) is 9.68. The third-order valence-electron chi connectivity index (χ3n) is 7.98. The van der Waals surface area contributed by atoms with E-state index in [4.69, 9.17) is 4.74 Å². The molecule has 2 bridgehead atoms. The van der Waals surface area contributed by atoms with Gasteiger partial charge < -0.3 is 26.2 Å². The number of ether oxygens (including phenoxy) is 1. The van der Waals surface area contributed by atoms with Crippen LogP contribution >= 0.6 is 0 Å². The van der Waals surface area contributed by atoms with E-state index in [0.29, 0.717) is 12.1 Å². The lowest BCUT2D eigenvalue weighted by Crippen LogP contribution is -3.00. The molecule has 0 radical (unpaired) electrons. The van der Waals surface area contributed by atoms with Gasteiger partial charge in [-0.2, -0.15) is 0 Å². The van der Waals surface area contributed by atoms with Crippen molar-refractivity contribution in [1.82, 2.24) is 0 Å². The molecule has 4 heteroatoms. The summed E-state index contributed by atoms with van der Waals surface area (Å²) >= 11 is 0. The molecule has 1 aliphatic carbocycles. The zero-order chi connectivity index (χ0) is 19.5. The first-order valence-corrected chi connectivity index (χ1v) is 10.6. The Kier molecular flexibility index (Phi) is 5.15. The first-order valence-electron chi connectivity index (χ1n) is 10.6. The Bertz CT molecular complexity index is 823. The SMILES string of the molecule is CC(C(=O)OC1C[C@@H]2[C@@H]3C[C@@H]3[C@H](C1)[N+]2(C)C)(c1ccccc1)c1ccccc1.[Br-]. The maximum Gasteiger partial charge on any atom is 0.321 e. The largest absolute Gasteiger partial charge is 1.00 e. The average Bonchev–Trinajstić information content (AvgIpc) is 3.47. The fourth-order valence-corrected chi connectivity index (χ4v) is 6.19. The van der Waals surface area contributed by atoms with Crippen LogP contribution in [0.15, 0.2) is 60.7 Å². The van der Waals surface area contributed by atoms with Crippen LogP contribution in [0.2, 0.25) is 0 Å². The van der Waals surface area contributed by atoms with Crippen LogP contribution < -0.4 is 17.0 Å². The monoisotopic (exact) mass is 455 g/mol. The molecule has 2 aromatic carbocycles. The van der Waals surface area contributed by atoms with E-state index in [1.54, 1.807) is 0 Å². The smallest absolute Gasteiger partial charge is 0.321 e. The Morgan fingerprint density at radius 2 is 1.31 bits per heavy atom. The molecule has 5 rings (SSSR count). The summed E-state index contributed by atoms with van der Waals surface area (Å²) in [6.07, 6.45) is 3.46. The highest BCUT2D eigenvalue weighted by Crippen LogP contribution is 2.61. The van der Waals surface area contributed by atoms with Crippen molar-refractivity contribution in [2.75, 3.05) is 14.1 Å². The quantitative estimate of drug-likeness (QED) is 0.510. The predicted octanol–water partition coefficient (Wildman–Crippen LogP) is 1.17. The molecule has 1 saturated carbocycles. The van der Waals surface area contributed by atoms with Gasteiger partial charge in [0.1, 0.15) is 11.5 Å². The van der Waals surface area contributed by atoms with Gasteiger partial charge in [-0.25, -0.2) is 0 Å². The molecule has 29 heavy (non-hydrogen) atoms. The molecule has 1 unspecified atom stereocenters. The van der Waals surface area contributed by atoms with E-state index in [-0.39, 0.29) is 29.1 Å². The first-order chi connectivity index (χ1) is 13.4. The van der Waals surface area contributed by atoms with Gasteiger partial charge >= 0.3 is 5.97 Å². The van der Waals surface area contributed by atoms with E-state index in [0.717, 1.165) is 40.3 Å². The highest BCUT2D eigenvalue weighted by Gasteiger charge is 2.68. The second-order valence-corrected chi connectivity index (χ2v) is 9.68. The Hall–Kier alpha value is -1.65. The van der Waals surface area contributed by atoms with E-state index < -0.39 is 5.41 Å². The van der Waals surface area contributed by atoms with Crippen LogP contribution in [-0.2, 0) is 14.9 Å². The van der Waals surface area contributed by atoms with Crippen molar-refractivity contribution < 1.29 is 31.0 Å². The maximum atomic E-state index is 13.6.